The number of amides is 2. The summed E-state index contributed by atoms with van der Waals surface area (Å²) in [5.74, 6) is -2.27. The summed E-state index contributed by atoms with van der Waals surface area (Å²) < 4.78 is 50.5. The minimum atomic E-state index is -4.81. The van der Waals surface area contributed by atoms with E-state index in [0.29, 0.717) is 19.4 Å². The van der Waals surface area contributed by atoms with Crippen molar-refractivity contribution < 1.29 is 41.8 Å². The highest BCUT2D eigenvalue weighted by molar-refractivity contribution is 5.93. The molecule has 0 aliphatic carbocycles. The predicted octanol–water partition coefficient (Wildman–Crippen LogP) is 3.71. The molecule has 1 aromatic rings. The number of nitrogens with zero attached hydrogens (tertiary/aromatic N) is 1. The van der Waals surface area contributed by atoms with Gasteiger partial charge in [0, 0.05) is 18.8 Å². The van der Waals surface area contributed by atoms with Gasteiger partial charge in [-0.2, -0.15) is 0 Å². The molecule has 1 aliphatic rings. The monoisotopic (exact) mass is 446 g/mol. The first-order chi connectivity index (χ1) is 14.3. The summed E-state index contributed by atoms with van der Waals surface area (Å²) in [6.07, 6.45) is -4.21. The smallest absolute Gasteiger partial charge is 0.455 e. The van der Waals surface area contributed by atoms with Crippen molar-refractivity contribution in [3.63, 3.8) is 0 Å². The Balaban J connectivity index is 1.79. The Bertz CT molecular complexity index is 790. The maximum absolute atomic E-state index is 12.3. The third kappa shape index (κ3) is 8.73. The number of halogens is 3. The standard InChI is InChI=1S/C20H25F3N2O6/c1-19(2,3)31-18(28)25-10-4-5-13(11-25)17(27)29-12-16(26)24-14-6-8-15(9-7-14)30-20(21,22)23/h6-9,13H,4-5,10-12H2,1-3H3,(H,24,26). The van der Waals surface area contributed by atoms with Crippen LogP contribution in [0.5, 0.6) is 5.75 Å². The summed E-state index contributed by atoms with van der Waals surface area (Å²) in [6.45, 7) is 5.27. The highest BCUT2D eigenvalue weighted by atomic mass is 19.4. The molecule has 2 amide bonds. The molecule has 1 aliphatic heterocycles. The van der Waals surface area contributed by atoms with Crippen molar-refractivity contribution in [3.8, 4) is 5.75 Å². The number of esters is 1. The molecule has 1 unspecified atom stereocenters. The fourth-order valence-corrected chi connectivity index (χ4v) is 2.85. The first-order valence-electron chi connectivity index (χ1n) is 9.62. The number of likely N-dealkylation sites (tertiary alicyclic amines) is 1. The molecule has 172 valence electrons. The second kappa shape index (κ2) is 9.88. The molecular weight excluding hydrogens is 421 g/mol. The zero-order chi connectivity index (χ0) is 23.2. The van der Waals surface area contributed by atoms with Crippen LogP contribution in [0.2, 0.25) is 0 Å². The molecule has 1 N–H and O–H groups in total. The molecule has 0 radical (unpaired) electrons. The van der Waals surface area contributed by atoms with Gasteiger partial charge in [0.15, 0.2) is 6.61 Å². The molecule has 31 heavy (non-hydrogen) atoms. The van der Waals surface area contributed by atoms with E-state index in [1.54, 1.807) is 20.8 Å². The predicted molar refractivity (Wildman–Crippen MR) is 103 cm³/mol. The normalized spacial score (nSPS) is 17.0. The van der Waals surface area contributed by atoms with Gasteiger partial charge in [-0.25, -0.2) is 4.79 Å². The number of ether oxygens (including phenoxy) is 3. The Kier molecular flexibility index (Phi) is 7.75. The van der Waals surface area contributed by atoms with Crippen molar-refractivity contribution in [2.45, 2.75) is 45.6 Å². The second-order valence-electron chi connectivity index (χ2n) is 7.99. The van der Waals surface area contributed by atoms with E-state index in [9.17, 15) is 27.6 Å². The molecule has 1 saturated heterocycles. The van der Waals surface area contributed by atoms with Crippen molar-refractivity contribution in [1.29, 1.82) is 0 Å². The first kappa shape index (κ1) is 24.3. The quantitative estimate of drug-likeness (QED) is 0.693. The summed E-state index contributed by atoms with van der Waals surface area (Å²) in [4.78, 5) is 37.8. The van der Waals surface area contributed by atoms with Gasteiger partial charge in [-0.05, 0) is 57.9 Å². The van der Waals surface area contributed by atoms with Gasteiger partial charge in [0.2, 0.25) is 0 Å². The number of carbonyl (C=O) groups excluding carboxylic acids is 3. The van der Waals surface area contributed by atoms with Crippen LogP contribution in [0, 0.1) is 5.92 Å². The number of alkyl halides is 3. The van der Waals surface area contributed by atoms with Crippen molar-refractivity contribution in [2.75, 3.05) is 25.0 Å². The van der Waals surface area contributed by atoms with E-state index in [1.165, 1.54) is 17.0 Å². The summed E-state index contributed by atoms with van der Waals surface area (Å²) in [7, 11) is 0. The topological polar surface area (TPSA) is 94.2 Å². The molecule has 1 fully saturated rings. The Morgan fingerprint density at radius 3 is 2.35 bits per heavy atom. The molecule has 2 rings (SSSR count). The van der Waals surface area contributed by atoms with Crippen LogP contribution in [0.4, 0.5) is 23.7 Å². The lowest BCUT2D eigenvalue weighted by molar-refractivity contribution is -0.274. The first-order valence-corrected chi connectivity index (χ1v) is 9.62. The number of benzene rings is 1. The minimum Gasteiger partial charge on any atom is -0.455 e. The van der Waals surface area contributed by atoms with E-state index in [0.717, 1.165) is 12.1 Å². The number of piperidine rings is 1. The summed E-state index contributed by atoms with van der Waals surface area (Å²) in [5.41, 5.74) is -0.441. The number of nitrogens with one attached hydrogen (secondary N) is 1. The fraction of sp³-hybridized carbons (Fsp3) is 0.550. The van der Waals surface area contributed by atoms with Crippen molar-refractivity contribution in [1.82, 2.24) is 4.90 Å². The molecule has 0 spiro atoms. The maximum Gasteiger partial charge on any atom is 0.573 e. The third-order valence-electron chi connectivity index (χ3n) is 4.12. The number of hydrogen-bond acceptors (Lipinski definition) is 6. The van der Waals surface area contributed by atoms with E-state index in [1.807, 2.05) is 0 Å². The number of hydrogen-bond donors (Lipinski definition) is 1. The van der Waals surface area contributed by atoms with Crippen LogP contribution in [-0.2, 0) is 19.1 Å². The van der Waals surface area contributed by atoms with Crippen LogP contribution >= 0.6 is 0 Å². The largest absolute Gasteiger partial charge is 0.573 e. The van der Waals surface area contributed by atoms with Crippen LogP contribution in [0.1, 0.15) is 33.6 Å². The second-order valence-corrected chi connectivity index (χ2v) is 7.99. The Morgan fingerprint density at radius 2 is 1.77 bits per heavy atom. The zero-order valence-electron chi connectivity index (χ0n) is 17.5. The van der Waals surface area contributed by atoms with E-state index < -0.39 is 48.2 Å². The summed E-state index contributed by atoms with van der Waals surface area (Å²) in [5, 5.41) is 2.41. The molecule has 0 bridgehead atoms. The maximum atomic E-state index is 12.3. The highest BCUT2D eigenvalue weighted by Crippen LogP contribution is 2.24. The van der Waals surface area contributed by atoms with Crippen molar-refractivity contribution in [2.24, 2.45) is 5.92 Å². The Hall–Kier alpha value is -2.98. The fourth-order valence-electron chi connectivity index (χ4n) is 2.85. The van der Waals surface area contributed by atoms with Crippen LogP contribution in [0.3, 0.4) is 0 Å². The number of anilines is 1. The van der Waals surface area contributed by atoms with Gasteiger partial charge in [0.1, 0.15) is 11.4 Å². The lowest BCUT2D eigenvalue weighted by Crippen LogP contribution is -2.45. The minimum absolute atomic E-state index is 0.135. The van der Waals surface area contributed by atoms with Gasteiger partial charge >= 0.3 is 18.4 Å². The van der Waals surface area contributed by atoms with Crippen molar-refractivity contribution >= 4 is 23.7 Å². The van der Waals surface area contributed by atoms with Gasteiger partial charge < -0.3 is 24.4 Å². The van der Waals surface area contributed by atoms with Gasteiger partial charge in [-0.15, -0.1) is 13.2 Å². The van der Waals surface area contributed by atoms with E-state index in [4.69, 9.17) is 9.47 Å². The van der Waals surface area contributed by atoms with Gasteiger partial charge in [-0.1, -0.05) is 0 Å². The molecule has 1 heterocycles. The zero-order valence-corrected chi connectivity index (χ0v) is 17.5. The van der Waals surface area contributed by atoms with Crippen LogP contribution < -0.4 is 10.1 Å². The SMILES string of the molecule is CC(C)(C)OC(=O)N1CCCC(C(=O)OCC(=O)Nc2ccc(OC(F)(F)F)cc2)C1. The highest BCUT2D eigenvalue weighted by Gasteiger charge is 2.32. The molecule has 0 saturated carbocycles. The molecular formula is C20H25F3N2O6. The third-order valence-corrected chi connectivity index (χ3v) is 4.12. The average molecular weight is 446 g/mol. The van der Waals surface area contributed by atoms with E-state index >= 15 is 0 Å². The van der Waals surface area contributed by atoms with Gasteiger partial charge in [0.05, 0.1) is 5.92 Å². The van der Waals surface area contributed by atoms with E-state index in [-0.39, 0.29) is 12.2 Å². The average Bonchev–Trinajstić information content (AvgIpc) is 2.65. The van der Waals surface area contributed by atoms with Crippen LogP contribution in [-0.4, -0.2) is 54.5 Å². The van der Waals surface area contributed by atoms with E-state index in [2.05, 4.69) is 10.1 Å². The van der Waals surface area contributed by atoms with Crippen molar-refractivity contribution in [3.05, 3.63) is 24.3 Å². The van der Waals surface area contributed by atoms with Crippen LogP contribution in [0.25, 0.3) is 0 Å². The summed E-state index contributed by atoms with van der Waals surface area (Å²) in [6, 6.07) is 4.53. The van der Waals surface area contributed by atoms with Gasteiger partial charge in [-0.3, -0.25) is 9.59 Å². The molecule has 1 aromatic carbocycles. The number of rotatable bonds is 5. The molecule has 0 aromatic heterocycles. The molecule has 8 nitrogen and oxygen atoms in total. The Morgan fingerprint density at radius 1 is 1.13 bits per heavy atom. The summed E-state index contributed by atoms with van der Waals surface area (Å²) >= 11 is 0. The molecule has 1 atom stereocenters. The van der Waals surface area contributed by atoms with Crippen LogP contribution in [0.15, 0.2) is 24.3 Å². The number of carbonyl (C=O) groups is 3. The Labute approximate surface area is 177 Å². The lowest BCUT2D eigenvalue weighted by atomic mass is 9.98. The van der Waals surface area contributed by atoms with Gasteiger partial charge in [0.25, 0.3) is 5.91 Å². The molecule has 11 heteroatoms. The lowest BCUT2D eigenvalue weighted by Gasteiger charge is -2.33.